The molecular weight excluding hydrogens is 439 g/mol. The number of aryl methyl sites for hydroxylation is 2. The molecule has 0 aliphatic carbocycles. The molecule has 0 saturated carbocycles. The molecule has 1 rings (SSSR count). The number of hydrogen-bond acceptors (Lipinski definition) is 3. The SMILES string of the molecule is CCN(CC)CCCCNC(=NC)NC(C)Cc1c(C)nn(C)c1C.I. The molecule has 1 aromatic rings. The minimum Gasteiger partial charge on any atom is -0.356 e. The summed E-state index contributed by atoms with van der Waals surface area (Å²) in [4.78, 5) is 6.81. The summed E-state index contributed by atoms with van der Waals surface area (Å²) >= 11 is 0. The van der Waals surface area contributed by atoms with Crippen molar-refractivity contribution in [2.75, 3.05) is 33.2 Å². The Labute approximate surface area is 177 Å². The van der Waals surface area contributed by atoms with Gasteiger partial charge in [-0.25, -0.2) is 0 Å². The van der Waals surface area contributed by atoms with E-state index in [2.05, 4.69) is 60.2 Å². The molecule has 1 atom stereocenters. The van der Waals surface area contributed by atoms with Crippen LogP contribution >= 0.6 is 24.0 Å². The maximum absolute atomic E-state index is 4.50. The molecule has 0 aliphatic heterocycles. The molecule has 7 heteroatoms. The molecule has 0 fully saturated rings. The van der Waals surface area contributed by atoms with Crippen molar-refractivity contribution in [1.82, 2.24) is 25.3 Å². The predicted octanol–water partition coefficient (Wildman–Crippen LogP) is 2.87. The van der Waals surface area contributed by atoms with Gasteiger partial charge in [-0.05, 0) is 65.2 Å². The van der Waals surface area contributed by atoms with Crippen LogP contribution < -0.4 is 10.6 Å². The van der Waals surface area contributed by atoms with E-state index < -0.39 is 0 Å². The monoisotopic (exact) mass is 478 g/mol. The Hall–Kier alpha value is -0.830. The van der Waals surface area contributed by atoms with E-state index in [0.29, 0.717) is 6.04 Å². The third-order valence-electron chi connectivity index (χ3n) is 4.86. The number of aliphatic imine (C=N–C) groups is 1. The van der Waals surface area contributed by atoms with Crippen LogP contribution in [0.3, 0.4) is 0 Å². The van der Waals surface area contributed by atoms with Gasteiger partial charge in [-0.3, -0.25) is 9.67 Å². The van der Waals surface area contributed by atoms with Crippen LogP contribution in [0.2, 0.25) is 0 Å². The van der Waals surface area contributed by atoms with Crippen molar-refractivity contribution in [3.63, 3.8) is 0 Å². The molecule has 0 aliphatic rings. The topological polar surface area (TPSA) is 57.5 Å². The fourth-order valence-electron chi connectivity index (χ4n) is 3.11. The van der Waals surface area contributed by atoms with Gasteiger partial charge < -0.3 is 15.5 Å². The Bertz CT molecular complexity index is 536. The van der Waals surface area contributed by atoms with Crippen molar-refractivity contribution in [3.8, 4) is 0 Å². The molecular formula is C19H39IN6. The number of unbranched alkanes of at least 4 members (excludes halogenated alkanes) is 1. The summed E-state index contributed by atoms with van der Waals surface area (Å²) in [6, 6.07) is 0.309. The van der Waals surface area contributed by atoms with Gasteiger partial charge in [0.1, 0.15) is 0 Å². The van der Waals surface area contributed by atoms with Crippen molar-refractivity contribution >= 4 is 29.9 Å². The van der Waals surface area contributed by atoms with Gasteiger partial charge in [0.25, 0.3) is 0 Å². The van der Waals surface area contributed by atoms with Crippen LogP contribution in [0.1, 0.15) is 50.6 Å². The van der Waals surface area contributed by atoms with E-state index in [-0.39, 0.29) is 24.0 Å². The summed E-state index contributed by atoms with van der Waals surface area (Å²) in [6.07, 6.45) is 3.33. The summed E-state index contributed by atoms with van der Waals surface area (Å²) in [5.74, 6) is 0.884. The van der Waals surface area contributed by atoms with E-state index in [0.717, 1.165) is 44.1 Å². The fraction of sp³-hybridized carbons (Fsp3) is 0.789. The molecule has 0 saturated heterocycles. The van der Waals surface area contributed by atoms with Gasteiger partial charge in [0, 0.05) is 32.4 Å². The number of nitrogens with one attached hydrogen (secondary N) is 2. The molecule has 26 heavy (non-hydrogen) atoms. The van der Waals surface area contributed by atoms with Crippen molar-refractivity contribution in [1.29, 1.82) is 0 Å². The number of nitrogens with zero attached hydrogens (tertiary/aromatic N) is 4. The Morgan fingerprint density at radius 2 is 1.88 bits per heavy atom. The third kappa shape index (κ3) is 8.24. The van der Waals surface area contributed by atoms with Crippen molar-refractivity contribution in [3.05, 3.63) is 17.0 Å². The highest BCUT2D eigenvalue weighted by Gasteiger charge is 2.13. The van der Waals surface area contributed by atoms with Gasteiger partial charge in [0.05, 0.1) is 5.69 Å². The zero-order valence-electron chi connectivity index (χ0n) is 17.7. The molecule has 0 aromatic carbocycles. The van der Waals surface area contributed by atoms with Crippen LogP contribution in [0.15, 0.2) is 4.99 Å². The predicted molar refractivity (Wildman–Crippen MR) is 123 cm³/mol. The molecule has 0 bridgehead atoms. The summed E-state index contributed by atoms with van der Waals surface area (Å²) in [6.45, 7) is 15.3. The number of rotatable bonds is 10. The lowest BCUT2D eigenvalue weighted by Gasteiger charge is -2.19. The van der Waals surface area contributed by atoms with Crippen LogP contribution in [0.25, 0.3) is 0 Å². The van der Waals surface area contributed by atoms with Crippen LogP contribution in [-0.2, 0) is 13.5 Å². The average Bonchev–Trinajstić information content (AvgIpc) is 2.83. The summed E-state index contributed by atoms with van der Waals surface area (Å²) in [5.41, 5.74) is 3.69. The summed E-state index contributed by atoms with van der Waals surface area (Å²) < 4.78 is 1.96. The lowest BCUT2D eigenvalue weighted by Crippen LogP contribution is -2.43. The van der Waals surface area contributed by atoms with E-state index in [1.165, 1.54) is 24.2 Å². The minimum atomic E-state index is 0. The largest absolute Gasteiger partial charge is 0.356 e. The third-order valence-corrected chi connectivity index (χ3v) is 4.86. The molecule has 1 heterocycles. The molecule has 1 aromatic heterocycles. The summed E-state index contributed by atoms with van der Waals surface area (Å²) in [5, 5.41) is 11.4. The highest BCUT2D eigenvalue weighted by molar-refractivity contribution is 14.0. The lowest BCUT2D eigenvalue weighted by atomic mass is 10.1. The first-order chi connectivity index (χ1) is 11.9. The zero-order chi connectivity index (χ0) is 18.8. The molecule has 0 spiro atoms. The quantitative estimate of drug-likeness (QED) is 0.235. The van der Waals surface area contributed by atoms with Crippen LogP contribution in [-0.4, -0.2) is 59.9 Å². The van der Waals surface area contributed by atoms with Gasteiger partial charge in [0.15, 0.2) is 5.96 Å². The first kappa shape index (κ1) is 25.2. The van der Waals surface area contributed by atoms with Gasteiger partial charge in [0.2, 0.25) is 0 Å². The van der Waals surface area contributed by atoms with E-state index in [1.807, 2.05) is 18.8 Å². The number of halogens is 1. The molecule has 1 unspecified atom stereocenters. The van der Waals surface area contributed by atoms with Gasteiger partial charge in [-0.15, -0.1) is 24.0 Å². The smallest absolute Gasteiger partial charge is 0.191 e. The maximum Gasteiger partial charge on any atom is 0.191 e. The van der Waals surface area contributed by atoms with Crippen molar-refractivity contribution < 1.29 is 0 Å². The summed E-state index contributed by atoms with van der Waals surface area (Å²) in [7, 11) is 3.83. The first-order valence-corrected chi connectivity index (χ1v) is 9.61. The maximum atomic E-state index is 4.50. The van der Waals surface area contributed by atoms with E-state index in [9.17, 15) is 0 Å². The molecule has 0 amide bonds. The Balaban J connectivity index is 0.00000625. The molecule has 2 N–H and O–H groups in total. The molecule has 0 radical (unpaired) electrons. The van der Waals surface area contributed by atoms with Crippen molar-refractivity contribution in [2.24, 2.45) is 12.0 Å². The molecule has 152 valence electrons. The number of aromatic nitrogens is 2. The standard InChI is InChI=1S/C19H38N6.HI/c1-8-25(9-2)13-11-10-12-21-19(20-6)22-15(3)14-18-16(4)23-24(7)17(18)5;/h15H,8-14H2,1-7H3,(H2,20,21,22);1H. The lowest BCUT2D eigenvalue weighted by molar-refractivity contribution is 0.297. The fourth-order valence-corrected chi connectivity index (χ4v) is 3.11. The first-order valence-electron chi connectivity index (χ1n) is 9.61. The number of hydrogen-bond donors (Lipinski definition) is 2. The normalized spacial score (nSPS) is 12.8. The molecule has 6 nitrogen and oxygen atoms in total. The highest BCUT2D eigenvalue weighted by Crippen LogP contribution is 2.14. The Kier molecular flexibility index (Phi) is 12.9. The second-order valence-corrected chi connectivity index (χ2v) is 6.76. The Morgan fingerprint density at radius 1 is 1.23 bits per heavy atom. The Morgan fingerprint density at radius 3 is 2.38 bits per heavy atom. The van der Waals surface area contributed by atoms with Gasteiger partial charge in [-0.2, -0.15) is 5.10 Å². The minimum absolute atomic E-state index is 0. The van der Waals surface area contributed by atoms with E-state index in [4.69, 9.17) is 0 Å². The number of guanidine groups is 1. The zero-order valence-corrected chi connectivity index (χ0v) is 20.1. The van der Waals surface area contributed by atoms with Crippen molar-refractivity contribution in [2.45, 2.75) is 59.9 Å². The van der Waals surface area contributed by atoms with Gasteiger partial charge in [-0.1, -0.05) is 13.8 Å². The van der Waals surface area contributed by atoms with E-state index >= 15 is 0 Å². The van der Waals surface area contributed by atoms with Crippen LogP contribution in [0, 0.1) is 13.8 Å². The second-order valence-electron chi connectivity index (χ2n) is 6.76. The van der Waals surface area contributed by atoms with Gasteiger partial charge >= 0.3 is 0 Å². The van der Waals surface area contributed by atoms with E-state index in [1.54, 1.807) is 0 Å². The van der Waals surface area contributed by atoms with Crippen LogP contribution in [0.5, 0.6) is 0 Å². The average molecular weight is 478 g/mol. The van der Waals surface area contributed by atoms with Crippen LogP contribution in [0.4, 0.5) is 0 Å². The second kappa shape index (κ2) is 13.4. The highest BCUT2D eigenvalue weighted by atomic mass is 127.